The third kappa shape index (κ3) is 6.50. The van der Waals surface area contributed by atoms with Crippen LogP contribution in [0.1, 0.15) is 37.0 Å². The highest BCUT2D eigenvalue weighted by Gasteiger charge is 2.18. The molecule has 1 unspecified atom stereocenters. The smallest absolute Gasteiger partial charge is 0.0708 e. The van der Waals surface area contributed by atoms with Gasteiger partial charge in [-0.25, -0.2) is 0 Å². The van der Waals surface area contributed by atoms with Gasteiger partial charge in [-0.15, -0.1) is 0 Å². The maximum atomic E-state index is 4.66. The normalized spacial score (nSPS) is 14.0. The van der Waals surface area contributed by atoms with Crippen LogP contribution < -0.4 is 0 Å². The molecule has 1 aliphatic carbocycles. The van der Waals surface area contributed by atoms with Crippen LogP contribution in [0.3, 0.4) is 0 Å². The molecule has 0 bridgehead atoms. The zero-order valence-electron chi connectivity index (χ0n) is 32.6. The summed E-state index contributed by atoms with van der Waals surface area (Å²) in [4.78, 5) is 4.66. The third-order valence-corrected chi connectivity index (χ3v) is 11.7. The third-order valence-electron chi connectivity index (χ3n) is 11.7. The van der Waals surface area contributed by atoms with E-state index in [0.29, 0.717) is 5.92 Å². The van der Waals surface area contributed by atoms with Crippen molar-refractivity contribution in [1.29, 1.82) is 0 Å². The summed E-state index contributed by atoms with van der Waals surface area (Å²) in [7, 11) is 0. The van der Waals surface area contributed by atoms with E-state index in [9.17, 15) is 0 Å². The minimum Gasteiger partial charge on any atom is -0.256 e. The molecule has 0 amide bonds. The highest BCUT2D eigenvalue weighted by atomic mass is 14.6. The molecule has 0 saturated carbocycles. The van der Waals surface area contributed by atoms with Gasteiger partial charge in [-0.1, -0.05) is 164 Å². The molecule has 1 heteroatoms. The molecule has 1 aromatic heterocycles. The summed E-state index contributed by atoms with van der Waals surface area (Å²) in [5, 5.41) is 8.92. The SMILES string of the molecule is CC1=C(c2cc(-c3cc(-c4cccc5ncccc45)ccc3-c3ccc4c5ccccc5c5ccccc5c4c3)ccc2C)C=CCC1C.Cc1ccccc1. The maximum absolute atomic E-state index is 4.66. The number of aryl methyl sites for hydroxylation is 2. The van der Waals surface area contributed by atoms with Crippen molar-refractivity contribution in [2.45, 2.75) is 34.1 Å². The lowest BCUT2D eigenvalue weighted by molar-refractivity contribution is 0.690. The number of aromatic nitrogens is 1. The summed E-state index contributed by atoms with van der Waals surface area (Å²) >= 11 is 0. The van der Waals surface area contributed by atoms with E-state index in [4.69, 9.17) is 0 Å². The molecule has 9 aromatic rings. The number of pyridine rings is 1. The Balaban J connectivity index is 0.000000530. The van der Waals surface area contributed by atoms with E-state index in [1.165, 1.54) is 98.9 Å². The molecule has 0 radical (unpaired) electrons. The van der Waals surface area contributed by atoms with Gasteiger partial charge in [-0.3, -0.25) is 4.98 Å². The van der Waals surface area contributed by atoms with Crippen molar-refractivity contribution >= 4 is 48.8 Å². The van der Waals surface area contributed by atoms with E-state index in [1.807, 2.05) is 30.5 Å². The summed E-state index contributed by atoms with van der Waals surface area (Å²) < 4.78 is 0. The van der Waals surface area contributed by atoms with E-state index >= 15 is 0 Å². The fraction of sp³-hybridized carbons (Fsp3) is 0.109. The van der Waals surface area contributed by atoms with Crippen molar-refractivity contribution in [3.8, 4) is 33.4 Å². The molecule has 0 fully saturated rings. The number of allylic oxidation sites excluding steroid dienone is 4. The van der Waals surface area contributed by atoms with Gasteiger partial charge >= 0.3 is 0 Å². The Hall–Kier alpha value is -6.57. The summed E-state index contributed by atoms with van der Waals surface area (Å²) in [5.74, 6) is 0.547. The summed E-state index contributed by atoms with van der Waals surface area (Å²) in [6.45, 7) is 8.97. The van der Waals surface area contributed by atoms with Crippen LogP contribution in [0.15, 0.2) is 188 Å². The lowest BCUT2D eigenvalue weighted by Gasteiger charge is -2.22. The number of hydrogen-bond acceptors (Lipinski definition) is 1. The van der Waals surface area contributed by atoms with Crippen LogP contribution in [0.4, 0.5) is 0 Å². The number of benzene rings is 8. The van der Waals surface area contributed by atoms with E-state index in [2.05, 4.69) is 184 Å². The molecule has 56 heavy (non-hydrogen) atoms. The summed E-state index contributed by atoms with van der Waals surface area (Å²) in [5.41, 5.74) is 15.1. The fourth-order valence-electron chi connectivity index (χ4n) is 8.51. The van der Waals surface area contributed by atoms with Gasteiger partial charge in [-0.05, 0) is 146 Å². The molecule has 8 aromatic carbocycles. The van der Waals surface area contributed by atoms with Gasteiger partial charge in [0.25, 0.3) is 0 Å². The van der Waals surface area contributed by atoms with Crippen molar-refractivity contribution in [3.63, 3.8) is 0 Å². The lowest BCUT2D eigenvalue weighted by atomic mass is 9.83. The first-order valence-electron chi connectivity index (χ1n) is 19.8. The van der Waals surface area contributed by atoms with Crippen LogP contribution in [0.25, 0.3) is 82.2 Å². The van der Waals surface area contributed by atoms with Crippen molar-refractivity contribution < 1.29 is 0 Å². The molecule has 1 heterocycles. The molecule has 0 N–H and O–H groups in total. The number of fused-ring (bicyclic) bond motifs is 7. The van der Waals surface area contributed by atoms with E-state index in [1.54, 1.807) is 0 Å². The Morgan fingerprint density at radius 3 is 1.75 bits per heavy atom. The van der Waals surface area contributed by atoms with Crippen molar-refractivity contribution in [1.82, 2.24) is 4.98 Å². The minimum atomic E-state index is 0.547. The predicted octanol–water partition coefficient (Wildman–Crippen LogP) is 15.4. The summed E-state index contributed by atoms with van der Waals surface area (Å²) in [6, 6.07) is 59.7. The van der Waals surface area contributed by atoms with Gasteiger partial charge in [-0.2, -0.15) is 0 Å². The van der Waals surface area contributed by atoms with Gasteiger partial charge in [0.2, 0.25) is 0 Å². The molecule has 10 rings (SSSR count). The highest BCUT2D eigenvalue weighted by Crippen LogP contribution is 2.43. The average molecular weight is 720 g/mol. The number of nitrogens with zero attached hydrogens (tertiary/aromatic N) is 1. The van der Waals surface area contributed by atoms with Crippen LogP contribution in [0.2, 0.25) is 0 Å². The second-order valence-electron chi connectivity index (χ2n) is 15.3. The van der Waals surface area contributed by atoms with Crippen LogP contribution >= 0.6 is 0 Å². The van der Waals surface area contributed by atoms with Gasteiger partial charge in [0.1, 0.15) is 0 Å². The molecule has 270 valence electrons. The zero-order valence-corrected chi connectivity index (χ0v) is 32.6. The van der Waals surface area contributed by atoms with E-state index in [-0.39, 0.29) is 0 Å². The topological polar surface area (TPSA) is 12.9 Å². The van der Waals surface area contributed by atoms with Crippen molar-refractivity contribution in [3.05, 3.63) is 204 Å². The lowest BCUT2D eigenvalue weighted by Crippen LogP contribution is -2.03. The molecular weight excluding hydrogens is 675 g/mol. The van der Waals surface area contributed by atoms with Crippen molar-refractivity contribution in [2.75, 3.05) is 0 Å². The van der Waals surface area contributed by atoms with Crippen LogP contribution in [-0.4, -0.2) is 4.98 Å². The Bertz CT molecular complexity index is 2940. The van der Waals surface area contributed by atoms with Crippen LogP contribution in [-0.2, 0) is 0 Å². The first-order chi connectivity index (χ1) is 27.4. The number of rotatable bonds is 4. The second-order valence-corrected chi connectivity index (χ2v) is 15.3. The van der Waals surface area contributed by atoms with Gasteiger partial charge < -0.3 is 0 Å². The Labute approximate surface area is 330 Å². The monoisotopic (exact) mass is 719 g/mol. The zero-order chi connectivity index (χ0) is 38.2. The molecule has 0 aliphatic heterocycles. The van der Waals surface area contributed by atoms with E-state index < -0.39 is 0 Å². The van der Waals surface area contributed by atoms with Gasteiger partial charge in [0.05, 0.1) is 5.52 Å². The summed E-state index contributed by atoms with van der Waals surface area (Å²) in [6.07, 6.45) is 7.65. The number of hydrogen-bond donors (Lipinski definition) is 0. The molecule has 0 saturated heterocycles. The minimum absolute atomic E-state index is 0.547. The maximum Gasteiger partial charge on any atom is 0.0708 e. The predicted molar refractivity (Wildman–Crippen MR) is 242 cm³/mol. The van der Waals surface area contributed by atoms with Crippen molar-refractivity contribution in [2.24, 2.45) is 5.92 Å². The quantitative estimate of drug-likeness (QED) is 0.165. The van der Waals surface area contributed by atoms with Crippen LogP contribution in [0, 0.1) is 19.8 Å². The highest BCUT2D eigenvalue weighted by molar-refractivity contribution is 6.25. The molecule has 1 atom stereocenters. The average Bonchev–Trinajstić information content (AvgIpc) is 3.25. The molecule has 1 aliphatic rings. The molecule has 0 spiro atoms. The Morgan fingerprint density at radius 1 is 0.446 bits per heavy atom. The standard InChI is InChI=1S/C48H37N.C7H8/c1-30-11-8-16-36(32(30)3)45-27-35(21-20-31(45)2)46-28-33(37-17-9-19-48-44(37)18-10-26-49-48)22-24-38(46)34-23-25-43-41-14-5-4-12-39(41)40-13-6-7-15-42(40)47(43)29-34;1-7-5-3-2-4-6-7/h4-10,12-30H,11H2,1-3H3;2-6H,1H3. The first-order valence-corrected chi connectivity index (χ1v) is 19.8. The second kappa shape index (κ2) is 14.9. The molecule has 1 nitrogen and oxygen atoms in total. The van der Waals surface area contributed by atoms with Gasteiger partial charge in [0, 0.05) is 11.6 Å². The Kier molecular flexibility index (Phi) is 9.37. The Morgan fingerprint density at radius 2 is 1.04 bits per heavy atom. The molecular formula is C55H45N. The van der Waals surface area contributed by atoms with Crippen LogP contribution in [0.5, 0.6) is 0 Å². The van der Waals surface area contributed by atoms with E-state index in [0.717, 1.165) is 11.9 Å². The first kappa shape index (κ1) is 35.2. The fourth-order valence-corrected chi connectivity index (χ4v) is 8.51. The van der Waals surface area contributed by atoms with Gasteiger partial charge in [0.15, 0.2) is 0 Å². The largest absolute Gasteiger partial charge is 0.256 e.